The zero-order valence-electron chi connectivity index (χ0n) is 56.4. The summed E-state index contributed by atoms with van der Waals surface area (Å²) in [4.78, 5) is 5.08. The quantitative estimate of drug-likeness (QED) is 0.154. The molecule has 0 amide bonds. The molecule has 6 heteroatoms. The highest BCUT2D eigenvalue weighted by Gasteiger charge is 2.42. The third-order valence-corrected chi connectivity index (χ3v) is 22.0. The number of anilines is 8. The second kappa shape index (κ2) is 20.9. The Morgan fingerprint density at radius 2 is 1.00 bits per heavy atom. The number of nitrogens with zero attached hydrogens (tertiary/aromatic N) is 2. The predicted molar refractivity (Wildman–Crippen MR) is 391 cm³/mol. The summed E-state index contributed by atoms with van der Waals surface area (Å²) in [6.45, 7) is 40.3. The minimum Gasteiger partial charge on any atom is -0.454 e. The molecule has 0 saturated heterocycles. The molecule has 2 aliphatic carbocycles. The molecule has 0 spiro atoms. The van der Waals surface area contributed by atoms with Gasteiger partial charge in [-0.1, -0.05) is 209 Å². The number of thiophene rings is 1. The van der Waals surface area contributed by atoms with E-state index in [0.717, 1.165) is 104 Å². The number of benzene rings is 9. The molecule has 4 nitrogen and oxygen atoms in total. The lowest BCUT2D eigenvalue weighted by Gasteiger charge is -2.42. The molecule has 90 heavy (non-hydrogen) atoms. The highest BCUT2D eigenvalue weighted by Crippen LogP contribution is 2.55. The molecule has 455 valence electrons. The van der Waals surface area contributed by atoms with Crippen molar-refractivity contribution in [1.29, 1.82) is 0 Å². The molecule has 0 atom stereocenters. The van der Waals surface area contributed by atoms with E-state index in [4.69, 9.17) is 4.42 Å². The van der Waals surface area contributed by atoms with Crippen LogP contribution in [-0.2, 0) is 37.9 Å². The Kier molecular flexibility index (Phi) is 13.9. The zero-order valence-corrected chi connectivity index (χ0v) is 57.2. The van der Waals surface area contributed by atoms with E-state index in [9.17, 15) is 0 Å². The molecular formula is C84H89BN3OS. The third-order valence-electron chi connectivity index (χ3n) is 20.9. The summed E-state index contributed by atoms with van der Waals surface area (Å²) in [5.74, 6) is 0. The van der Waals surface area contributed by atoms with E-state index in [1.54, 1.807) is 0 Å². The fraction of sp³-hybridized carbons (Fsp3) is 0.333. The van der Waals surface area contributed by atoms with E-state index < -0.39 is 0 Å². The monoisotopic (exact) mass is 1200 g/mol. The lowest BCUT2D eigenvalue weighted by atomic mass is 9.61. The second-order valence-corrected chi connectivity index (χ2v) is 33.4. The summed E-state index contributed by atoms with van der Waals surface area (Å²) >= 11 is 1.93. The normalized spacial score (nSPS) is 16.5. The molecule has 0 bridgehead atoms. The van der Waals surface area contributed by atoms with E-state index in [-0.39, 0.29) is 37.9 Å². The number of furan rings is 1. The Labute approximate surface area is 541 Å². The molecular weight excluding hydrogens is 1110 g/mol. The van der Waals surface area contributed by atoms with Gasteiger partial charge in [-0.25, -0.2) is 0 Å². The molecule has 9 aromatic carbocycles. The van der Waals surface area contributed by atoms with Gasteiger partial charge in [-0.2, -0.15) is 0 Å². The standard InChI is InChI=1S/C84H89BN3OS/c1-78(2,3)52-27-33-56(34-28-52)87(57-35-29-53(30-36-57)79(4,5)6)58-37-38-59(69(47-58)86-55-32-39-65-66(46-55)82(12,13)42-41-81(65,10)11)62-48-63-60-25-21-22-26-71(60)89-76(63)75-73(62)85-77-74(64-49-67-68(50-72(64)90-77)84(16,17)44-43-83(67,14)15)88(75)70-40-31-54(80(7,8)9)45-61(70)51-23-19-18-20-24-51/h18-40,45-50,86H,41-44H2,1-17H3. The van der Waals surface area contributed by atoms with Crippen molar-refractivity contribution in [2.45, 2.75) is 181 Å². The van der Waals surface area contributed by atoms with Gasteiger partial charge in [-0.15, -0.1) is 11.3 Å². The smallest absolute Gasteiger partial charge is 0.212 e. The minimum absolute atomic E-state index is 0.00507. The SMILES string of the molecule is CC(C)(C)c1ccc(N(c2ccc(C(C)(C)C)cc2)c2ccc(-c3cc4c(oc5ccccc54)c4c3[B]c3sc5cc6c(cc5c3N4c3ccc(C(C)(C)C)cc3-c3ccccc3)C(C)(C)CCC6(C)C)c(Nc3ccc4c(c3)C(C)(C)CCC4(C)C)c2)cc1. The van der Waals surface area contributed by atoms with Crippen LogP contribution < -0.4 is 25.4 Å². The number of hydrogen-bond acceptors (Lipinski definition) is 5. The van der Waals surface area contributed by atoms with Crippen LogP contribution >= 0.6 is 11.3 Å². The van der Waals surface area contributed by atoms with Crippen LogP contribution in [0.4, 0.5) is 45.5 Å². The van der Waals surface area contributed by atoms with Crippen molar-refractivity contribution in [3.8, 4) is 22.3 Å². The average Bonchev–Trinajstić information content (AvgIpc) is 1.46. The van der Waals surface area contributed by atoms with E-state index in [0.29, 0.717) is 0 Å². The second-order valence-electron chi connectivity index (χ2n) is 32.3. The van der Waals surface area contributed by atoms with Gasteiger partial charge in [0.15, 0.2) is 5.58 Å². The summed E-state index contributed by atoms with van der Waals surface area (Å²) in [6.07, 6.45) is 4.59. The topological polar surface area (TPSA) is 31.7 Å². The van der Waals surface area contributed by atoms with Crippen molar-refractivity contribution in [3.05, 3.63) is 215 Å². The lowest BCUT2D eigenvalue weighted by Crippen LogP contribution is -2.39. The van der Waals surface area contributed by atoms with Crippen LogP contribution in [0.15, 0.2) is 180 Å². The van der Waals surface area contributed by atoms with Gasteiger partial charge in [0.1, 0.15) is 5.58 Å². The summed E-state index contributed by atoms with van der Waals surface area (Å²) < 4.78 is 9.96. The van der Waals surface area contributed by atoms with Gasteiger partial charge in [0.2, 0.25) is 7.28 Å². The van der Waals surface area contributed by atoms with Crippen LogP contribution in [0.1, 0.15) is 182 Å². The lowest BCUT2D eigenvalue weighted by molar-refractivity contribution is 0.332. The molecule has 14 rings (SSSR count). The first-order valence-electron chi connectivity index (χ1n) is 33.0. The number of rotatable bonds is 8. The molecule has 1 aliphatic heterocycles. The summed E-state index contributed by atoms with van der Waals surface area (Å²) in [5.41, 5.74) is 26.0. The first-order valence-corrected chi connectivity index (χ1v) is 33.8. The molecule has 11 aromatic rings. The zero-order chi connectivity index (χ0) is 63.4. The first kappa shape index (κ1) is 59.8. The van der Waals surface area contributed by atoms with E-state index in [1.165, 1.54) is 70.6 Å². The minimum atomic E-state index is -0.0899. The fourth-order valence-electron chi connectivity index (χ4n) is 15.0. The maximum atomic E-state index is 7.41. The highest BCUT2D eigenvalue weighted by atomic mass is 32.1. The molecule has 0 fully saturated rings. The van der Waals surface area contributed by atoms with Crippen molar-refractivity contribution >= 4 is 106 Å². The third kappa shape index (κ3) is 10.2. The maximum Gasteiger partial charge on any atom is 0.212 e. The first-order chi connectivity index (χ1) is 42.4. The van der Waals surface area contributed by atoms with Crippen LogP contribution in [0.25, 0.3) is 54.3 Å². The Hall–Kier alpha value is -7.80. The Balaban J connectivity index is 1.08. The molecule has 0 saturated carbocycles. The fourth-order valence-corrected chi connectivity index (χ4v) is 16.1. The van der Waals surface area contributed by atoms with Gasteiger partial charge in [0.05, 0.1) is 17.1 Å². The average molecular weight is 1200 g/mol. The van der Waals surface area contributed by atoms with Gasteiger partial charge in [0, 0.05) is 60.4 Å². The number of nitrogens with one attached hydrogen (secondary N) is 1. The predicted octanol–water partition coefficient (Wildman–Crippen LogP) is 23.4. The van der Waals surface area contributed by atoms with E-state index >= 15 is 0 Å². The van der Waals surface area contributed by atoms with Crippen LogP contribution in [0.2, 0.25) is 0 Å². The van der Waals surface area contributed by atoms with Crippen molar-refractivity contribution in [2.24, 2.45) is 0 Å². The van der Waals surface area contributed by atoms with Gasteiger partial charge >= 0.3 is 0 Å². The molecule has 1 radical (unpaired) electrons. The molecule has 2 aromatic heterocycles. The summed E-state index contributed by atoms with van der Waals surface area (Å²) in [6, 6.07) is 67.5. The summed E-state index contributed by atoms with van der Waals surface area (Å²) in [7, 11) is 2.52. The number of para-hydroxylation sites is 1. The van der Waals surface area contributed by atoms with Crippen molar-refractivity contribution in [1.82, 2.24) is 0 Å². The molecule has 0 unspecified atom stereocenters. The molecule has 1 N–H and O–H groups in total. The molecule has 3 aliphatic rings. The van der Waals surface area contributed by atoms with Crippen LogP contribution in [0.3, 0.4) is 0 Å². The van der Waals surface area contributed by atoms with Gasteiger partial charge < -0.3 is 19.5 Å². The van der Waals surface area contributed by atoms with Crippen LogP contribution in [0.5, 0.6) is 0 Å². The van der Waals surface area contributed by atoms with Crippen molar-refractivity contribution < 1.29 is 4.42 Å². The highest BCUT2D eigenvalue weighted by molar-refractivity contribution is 7.29. The maximum absolute atomic E-state index is 7.41. The Morgan fingerprint density at radius 1 is 0.456 bits per heavy atom. The Bertz CT molecular complexity index is 4590. The Morgan fingerprint density at radius 3 is 1.61 bits per heavy atom. The van der Waals surface area contributed by atoms with Gasteiger partial charge in [-0.05, 0) is 209 Å². The summed E-state index contributed by atoms with van der Waals surface area (Å²) in [5, 5.41) is 7.70. The van der Waals surface area contributed by atoms with E-state index in [2.05, 4.69) is 316 Å². The number of fused-ring (bicyclic) bond motifs is 10. The van der Waals surface area contributed by atoms with Crippen LogP contribution in [0, 0.1) is 0 Å². The van der Waals surface area contributed by atoms with E-state index in [1.807, 2.05) is 11.3 Å². The number of hydrogen-bond donors (Lipinski definition) is 1. The van der Waals surface area contributed by atoms with Gasteiger partial charge in [-0.3, -0.25) is 0 Å². The van der Waals surface area contributed by atoms with Gasteiger partial charge in [0.25, 0.3) is 0 Å². The van der Waals surface area contributed by atoms with Crippen molar-refractivity contribution in [3.63, 3.8) is 0 Å². The van der Waals surface area contributed by atoms with Crippen molar-refractivity contribution in [2.75, 3.05) is 15.1 Å². The largest absolute Gasteiger partial charge is 0.454 e. The molecule has 3 heterocycles. The van der Waals surface area contributed by atoms with Crippen LogP contribution in [-0.4, -0.2) is 7.28 Å².